The summed E-state index contributed by atoms with van der Waals surface area (Å²) in [7, 11) is 0. The lowest BCUT2D eigenvalue weighted by Crippen LogP contribution is -2.21. The first kappa shape index (κ1) is 14.4. The van der Waals surface area contributed by atoms with E-state index in [2.05, 4.69) is 12.1 Å². The summed E-state index contributed by atoms with van der Waals surface area (Å²) in [6, 6.07) is 4.24. The molecule has 0 bridgehead atoms. The zero-order valence-electron chi connectivity index (χ0n) is 12.1. The first-order chi connectivity index (χ1) is 8.31. The minimum atomic E-state index is -0.552. The third-order valence-electron chi connectivity index (χ3n) is 3.70. The number of carbonyl (C=O) groups is 1. The average molecular weight is 243 g/mol. The van der Waals surface area contributed by atoms with E-state index in [0.717, 1.165) is 27.8 Å². The molecule has 1 unspecified atom stereocenters. The molecule has 0 amide bonds. The molecule has 0 N–H and O–H groups in total. The molecule has 0 saturated heterocycles. The highest BCUT2D eigenvalue weighted by Crippen LogP contribution is 2.26. The van der Waals surface area contributed by atoms with Crippen molar-refractivity contribution in [1.82, 2.24) is 0 Å². The molecule has 2 nitrogen and oxygen atoms in total. The van der Waals surface area contributed by atoms with Gasteiger partial charge < -0.3 is 0 Å². The first-order valence-corrected chi connectivity index (χ1v) is 6.32. The Balaban J connectivity index is 3.43. The highest BCUT2D eigenvalue weighted by Gasteiger charge is 2.26. The van der Waals surface area contributed by atoms with E-state index in [-0.39, 0.29) is 11.7 Å². The van der Waals surface area contributed by atoms with Crippen molar-refractivity contribution in [3.05, 3.63) is 33.9 Å². The van der Waals surface area contributed by atoms with E-state index < -0.39 is 5.92 Å². The standard InChI is InChI=1S/C16H21NO/c1-9(2)14(8-17)16(18)15-12(5)10(3)7-11(4)13(15)6/h7,9,14H,1-6H3. The van der Waals surface area contributed by atoms with Crippen molar-refractivity contribution in [3.8, 4) is 6.07 Å². The molecule has 0 aliphatic carbocycles. The van der Waals surface area contributed by atoms with Crippen LogP contribution in [-0.4, -0.2) is 5.78 Å². The second kappa shape index (κ2) is 5.35. The highest BCUT2D eigenvalue weighted by atomic mass is 16.1. The van der Waals surface area contributed by atoms with Gasteiger partial charge in [0.25, 0.3) is 0 Å². The minimum absolute atomic E-state index is 0.0331. The lowest BCUT2D eigenvalue weighted by Gasteiger charge is -2.18. The normalized spacial score (nSPS) is 12.3. The van der Waals surface area contributed by atoms with Gasteiger partial charge in [0, 0.05) is 5.56 Å². The summed E-state index contributed by atoms with van der Waals surface area (Å²) in [5.41, 5.74) is 4.98. The summed E-state index contributed by atoms with van der Waals surface area (Å²) in [6.45, 7) is 11.8. The maximum absolute atomic E-state index is 12.5. The van der Waals surface area contributed by atoms with Gasteiger partial charge in [-0.1, -0.05) is 19.9 Å². The van der Waals surface area contributed by atoms with Gasteiger partial charge in [-0.2, -0.15) is 5.26 Å². The number of nitriles is 1. The number of nitrogens with zero attached hydrogens (tertiary/aromatic N) is 1. The van der Waals surface area contributed by atoms with Gasteiger partial charge in [0.15, 0.2) is 5.78 Å². The van der Waals surface area contributed by atoms with Crippen LogP contribution in [0.15, 0.2) is 6.07 Å². The van der Waals surface area contributed by atoms with Crippen LogP contribution in [0, 0.1) is 50.9 Å². The Morgan fingerprint density at radius 1 is 1.11 bits per heavy atom. The van der Waals surface area contributed by atoms with Crippen LogP contribution in [0.2, 0.25) is 0 Å². The molecule has 0 fully saturated rings. The zero-order valence-corrected chi connectivity index (χ0v) is 12.1. The van der Waals surface area contributed by atoms with Gasteiger partial charge >= 0.3 is 0 Å². The lowest BCUT2D eigenvalue weighted by molar-refractivity contribution is 0.0923. The van der Waals surface area contributed by atoms with Crippen molar-refractivity contribution in [2.45, 2.75) is 41.5 Å². The lowest BCUT2D eigenvalue weighted by atomic mass is 9.83. The fraction of sp³-hybridized carbons (Fsp3) is 0.500. The van der Waals surface area contributed by atoms with Gasteiger partial charge in [0.2, 0.25) is 0 Å². The average Bonchev–Trinajstić information content (AvgIpc) is 2.27. The summed E-state index contributed by atoms with van der Waals surface area (Å²) in [5.74, 6) is -0.542. The molecule has 0 radical (unpaired) electrons. The number of hydrogen-bond acceptors (Lipinski definition) is 2. The number of benzene rings is 1. The maximum atomic E-state index is 12.5. The smallest absolute Gasteiger partial charge is 0.180 e. The van der Waals surface area contributed by atoms with Crippen LogP contribution in [0.25, 0.3) is 0 Å². The first-order valence-electron chi connectivity index (χ1n) is 6.32. The Bertz CT molecular complexity index is 495. The molecule has 1 rings (SSSR count). The number of rotatable bonds is 3. The van der Waals surface area contributed by atoms with E-state index in [1.165, 1.54) is 0 Å². The third-order valence-corrected chi connectivity index (χ3v) is 3.70. The highest BCUT2D eigenvalue weighted by molar-refractivity contribution is 6.02. The van der Waals surface area contributed by atoms with Crippen LogP contribution in [0.4, 0.5) is 0 Å². The molecule has 2 heteroatoms. The third kappa shape index (κ3) is 2.46. The van der Waals surface area contributed by atoms with Crippen molar-refractivity contribution >= 4 is 5.78 Å². The van der Waals surface area contributed by atoms with Crippen molar-refractivity contribution < 1.29 is 4.79 Å². The van der Waals surface area contributed by atoms with E-state index in [1.807, 2.05) is 41.5 Å². The summed E-state index contributed by atoms with van der Waals surface area (Å²) in [4.78, 5) is 12.5. The van der Waals surface area contributed by atoms with Crippen LogP contribution in [0.1, 0.15) is 46.5 Å². The number of carbonyl (C=O) groups excluding carboxylic acids is 1. The maximum Gasteiger partial charge on any atom is 0.180 e. The van der Waals surface area contributed by atoms with E-state index >= 15 is 0 Å². The fourth-order valence-corrected chi connectivity index (χ4v) is 2.25. The predicted octanol–water partition coefficient (Wildman–Crippen LogP) is 3.90. The second-order valence-electron chi connectivity index (χ2n) is 5.35. The molecule has 1 aromatic carbocycles. The summed E-state index contributed by atoms with van der Waals surface area (Å²) in [6.07, 6.45) is 0. The van der Waals surface area contributed by atoms with Crippen LogP contribution in [0.3, 0.4) is 0 Å². The van der Waals surface area contributed by atoms with E-state index in [4.69, 9.17) is 0 Å². The van der Waals surface area contributed by atoms with Gasteiger partial charge in [-0.05, 0) is 55.9 Å². The SMILES string of the molecule is Cc1cc(C)c(C)c(C(=O)C(C#N)C(C)C)c1C. The van der Waals surface area contributed by atoms with E-state index in [9.17, 15) is 10.1 Å². The predicted molar refractivity (Wildman–Crippen MR) is 73.7 cm³/mol. The minimum Gasteiger partial charge on any atom is -0.293 e. The topological polar surface area (TPSA) is 40.9 Å². The number of aryl methyl sites for hydroxylation is 2. The van der Waals surface area contributed by atoms with Gasteiger partial charge in [0.05, 0.1) is 6.07 Å². The van der Waals surface area contributed by atoms with Gasteiger partial charge in [-0.15, -0.1) is 0 Å². The Morgan fingerprint density at radius 2 is 1.56 bits per heavy atom. The summed E-state index contributed by atoms with van der Waals surface area (Å²) < 4.78 is 0. The quantitative estimate of drug-likeness (QED) is 0.755. The molecular weight excluding hydrogens is 222 g/mol. The Labute approximate surface area is 110 Å². The zero-order chi connectivity index (χ0) is 14.0. The Morgan fingerprint density at radius 3 is 1.89 bits per heavy atom. The Kier molecular flexibility index (Phi) is 4.29. The largest absolute Gasteiger partial charge is 0.293 e. The molecule has 0 aromatic heterocycles. The molecule has 1 aromatic rings. The summed E-state index contributed by atoms with van der Waals surface area (Å²) in [5, 5.41) is 9.18. The molecule has 1 atom stereocenters. The molecule has 0 heterocycles. The Hall–Kier alpha value is -1.62. The number of Topliss-reactive ketones (excluding diaryl/α,β-unsaturated/α-hetero) is 1. The van der Waals surface area contributed by atoms with Gasteiger partial charge in [-0.25, -0.2) is 0 Å². The van der Waals surface area contributed by atoms with Gasteiger partial charge in [-0.3, -0.25) is 4.79 Å². The number of ketones is 1. The molecule has 96 valence electrons. The van der Waals surface area contributed by atoms with Crippen LogP contribution in [-0.2, 0) is 0 Å². The molecule has 0 saturated carbocycles. The van der Waals surface area contributed by atoms with Crippen LogP contribution in [0.5, 0.6) is 0 Å². The van der Waals surface area contributed by atoms with Crippen LogP contribution >= 0.6 is 0 Å². The second-order valence-corrected chi connectivity index (χ2v) is 5.35. The van der Waals surface area contributed by atoms with Crippen LogP contribution < -0.4 is 0 Å². The fourth-order valence-electron chi connectivity index (χ4n) is 2.25. The van der Waals surface area contributed by atoms with E-state index in [1.54, 1.807) is 0 Å². The molecule has 0 aliphatic rings. The van der Waals surface area contributed by atoms with Gasteiger partial charge in [0.1, 0.15) is 5.92 Å². The number of hydrogen-bond donors (Lipinski definition) is 0. The van der Waals surface area contributed by atoms with Crippen molar-refractivity contribution in [2.75, 3.05) is 0 Å². The summed E-state index contributed by atoms with van der Waals surface area (Å²) >= 11 is 0. The molecular formula is C16H21NO. The molecule has 0 spiro atoms. The van der Waals surface area contributed by atoms with Crippen molar-refractivity contribution in [1.29, 1.82) is 5.26 Å². The van der Waals surface area contributed by atoms with E-state index in [0.29, 0.717) is 0 Å². The molecule has 0 aliphatic heterocycles. The monoisotopic (exact) mass is 243 g/mol. The van der Waals surface area contributed by atoms with Crippen molar-refractivity contribution in [3.63, 3.8) is 0 Å². The molecule has 18 heavy (non-hydrogen) atoms. The van der Waals surface area contributed by atoms with Crippen molar-refractivity contribution in [2.24, 2.45) is 11.8 Å².